The number of hydrogen-bond donors (Lipinski definition) is 1. The molecule has 0 aliphatic carbocycles. The Kier molecular flexibility index (Phi) is 4.37. The van der Waals surface area contributed by atoms with Gasteiger partial charge in [0, 0.05) is 18.5 Å². The molecule has 2 heterocycles. The normalized spacial score (nSPS) is 24.6. The van der Waals surface area contributed by atoms with Gasteiger partial charge in [-0.1, -0.05) is 13.0 Å². The maximum absolute atomic E-state index is 10.9. The average molecular weight is 255 g/mol. The maximum Gasteiger partial charge on any atom is 0.331 e. The maximum atomic E-state index is 10.9. The van der Waals surface area contributed by atoms with Crippen LogP contribution in [-0.2, 0) is 14.3 Å². The summed E-state index contributed by atoms with van der Waals surface area (Å²) < 4.78 is 11.4. The number of carboxylic acids is 1. The zero-order valence-corrected chi connectivity index (χ0v) is 10.9. The van der Waals surface area contributed by atoms with Gasteiger partial charge in [0.2, 0.25) is 0 Å². The molecule has 102 valence electrons. The molecule has 0 unspecified atom stereocenters. The number of rotatable bonds is 4. The van der Waals surface area contributed by atoms with E-state index in [-0.39, 0.29) is 0 Å². The van der Waals surface area contributed by atoms with Gasteiger partial charge in [0.25, 0.3) is 0 Å². The van der Waals surface area contributed by atoms with E-state index in [4.69, 9.17) is 14.6 Å². The topological polar surface area (TPSA) is 59.0 Å². The molecule has 2 aliphatic rings. The van der Waals surface area contributed by atoms with Gasteiger partial charge in [-0.25, -0.2) is 4.79 Å². The smallest absolute Gasteiger partial charge is 0.331 e. The van der Waals surface area contributed by atoms with Gasteiger partial charge in [0.05, 0.1) is 19.8 Å². The highest BCUT2D eigenvalue weighted by molar-refractivity contribution is 5.86. The first-order chi connectivity index (χ1) is 8.65. The molecular formula is C13H21NO4. The highest BCUT2D eigenvalue weighted by atomic mass is 16.7. The van der Waals surface area contributed by atoms with Gasteiger partial charge >= 0.3 is 5.97 Å². The molecule has 0 atom stereocenters. The lowest BCUT2D eigenvalue weighted by atomic mass is 10.0. The predicted molar refractivity (Wildman–Crippen MR) is 66.3 cm³/mol. The van der Waals surface area contributed by atoms with E-state index in [0.717, 1.165) is 25.9 Å². The number of piperidine rings is 1. The Hall–Kier alpha value is -0.910. The minimum atomic E-state index is -0.822. The zero-order chi connectivity index (χ0) is 13.0. The third-order valence-corrected chi connectivity index (χ3v) is 3.56. The fourth-order valence-corrected chi connectivity index (χ4v) is 2.58. The Bertz CT molecular complexity index is 334. The quantitative estimate of drug-likeness (QED) is 0.766. The van der Waals surface area contributed by atoms with E-state index >= 15 is 0 Å². The van der Waals surface area contributed by atoms with E-state index < -0.39 is 11.8 Å². The van der Waals surface area contributed by atoms with Crippen molar-refractivity contribution in [2.45, 2.75) is 32.0 Å². The first-order valence-electron chi connectivity index (χ1n) is 6.58. The van der Waals surface area contributed by atoms with Gasteiger partial charge in [0.15, 0.2) is 5.79 Å². The van der Waals surface area contributed by atoms with Crippen molar-refractivity contribution in [2.75, 3.05) is 32.8 Å². The molecule has 0 aromatic rings. The standard InChI is InChI=1S/C13H21NO4/c1-2-11(12(15)16)4-7-14-6-3-5-13(10-14)17-8-9-18-13/h4H,2-3,5-10H2,1H3,(H,15,16). The molecule has 0 radical (unpaired) electrons. The van der Waals surface area contributed by atoms with Crippen molar-refractivity contribution in [2.24, 2.45) is 0 Å². The summed E-state index contributed by atoms with van der Waals surface area (Å²) in [5.41, 5.74) is 0.475. The van der Waals surface area contributed by atoms with Crippen LogP contribution in [0, 0.1) is 0 Å². The molecule has 2 fully saturated rings. The van der Waals surface area contributed by atoms with E-state index in [9.17, 15) is 4.79 Å². The van der Waals surface area contributed by atoms with E-state index in [0.29, 0.717) is 31.8 Å². The van der Waals surface area contributed by atoms with Crippen molar-refractivity contribution < 1.29 is 19.4 Å². The molecule has 2 rings (SSSR count). The van der Waals surface area contributed by atoms with Gasteiger partial charge < -0.3 is 14.6 Å². The molecule has 18 heavy (non-hydrogen) atoms. The van der Waals surface area contributed by atoms with Gasteiger partial charge in [-0.2, -0.15) is 0 Å². The largest absolute Gasteiger partial charge is 0.478 e. The molecule has 1 spiro atoms. The van der Waals surface area contributed by atoms with E-state index in [2.05, 4.69) is 4.90 Å². The molecule has 2 saturated heterocycles. The van der Waals surface area contributed by atoms with Crippen molar-refractivity contribution >= 4 is 5.97 Å². The summed E-state index contributed by atoms with van der Waals surface area (Å²) in [5.74, 6) is -1.25. The number of carboxylic acid groups (broad SMARTS) is 1. The number of ether oxygens (including phenoxy) is 2. The van der Waals surface area contributed by atoms with Crippen LogP contribution in [0.5, 0.6) is 0 Å². The van der Waals surface area contributed by atoms with Crippen molar-refractivity contribution in [1.29, 1.82) is 0 Å². The lowest BCUT2D eigenvalue weighted by molar-refractivity contribution is -0.188. The monoisotopic (exact) mass is 255 g/mol. The molecule has 0 saturated carbocycles. The van der Waals surface area contributed by atoms with Crippen LogP contribution < -0.4 is 0 Å². The van der Waals surface area contributed by atoms with Crippen LogP contribution in [0.1, 0.15) is 26.2 Å². The fourth-order valence-electron chi connectivity index (χ4n) is 2.58. The summed E-state index contributed by atoms with van der Waals surface area (Å²) in [6, 6.07) is 0. The minimum Gasteiger partial charge on any atom is -0.478 e. The summed E-state index contributed by atoms with van der Waals surface area (Å²) >= 11 is 0. The van der Waals surface area contributed by atoms with Gasteiger partial charge in [-0.15, -0.1) is 0 Å². The van der Waals surface area contributed by atoms with Crippen LogP contribution in [0.3, 0.4) is 0 Å². The molecule has 5 nitrogen and oxygen atoms in total. The molecule has 0 amide bonds. The van der Waals surface area contributed by atoms with Crippen molar-refractivity contribution in [3.05, 3.63) is 11.6 Å². The van der Waals surface area contributed by atoms with Crippen LogP contribution in [-0.4, -0.2) is 54.6 Å². The summed E-state index contributed by atoms with van der Waals surface area (Å²) in [4.78, 5) is 13.1. The Morgan fingerprint density at radius 3 is 2.78 bits per heavy atom. The number of hydrogen-bond acceptors (Lipinski definition) is 4. The average Bonchev–Trinajstić information content (AvgIpc) is 2.78. The molecule has 2 aliphatic heterocycles. The van der Waals surface area contributed by atoms with Gasteiger partial charge in [0.1, 0.15) is 0 Å². The molecule has 1 N–H and O–H groups in total. The Morgan fingerprint density at radius 2 is 2.17 bits per heavy atom. The molecule has 0 bridgehead atoms. The van der Waals surface area contributed by atoms with Crippen LogP contribution >= 0.6 is 0 Å². The van der Waals surface area contributed by atoms with Crippen LogP contribution in [0.15, 0.2) is 11.6 Å². The van der Waals surface area contributed by atoms with Gasteiger partial charge in [-0.3, -0.25) is 4.90 Å². The summed E-state index contributed by atoms with van der Waals surface area (Å²) in [6.45, 7) is 5.56. The lowest BCUT2D eigenvalue weighted by Crippen LogP contribution is -2.48. The van der Waals surface area contributed by atoms with Crippen LogP contribution in [0.4, 0.5) is 0 Å². The third-order valence-electron chi connectivity index (χ3n) is 3.56. The first kappa shape index (κ1) is 13.5. The van der Waals surface area contributed by atoms with Gasteiger partial charge in [-0.05, 0) is 19.4 Å². The summed E-state index contributed by atoms with van der Waals surface area (Å²) in [7, 11) is 0. The number of nitrogens with zero attached hydrogens (tertiary/aromatic N) is 1. The second-order valence-electron chi connectivity index (χ2n) is 4.83. The molecular weight excluding hydrogens is 234 g/mol. The predicted octanol–water partition coefficient (Wildman–Crippen LogP) is 1.25. The second-order valence-corrected chi connectivity index (χ2v) is 4.83. The summed E-state index contributed by atoms with van der Waals surface area (Å²) in [6.07, 6.45) is 4.33. The Morgan fingerprint density at radius 1 is 1.44 bits per heavy atom. The third kappa shape index (κ3) is 3.10. The SMILES string of the molecule is CCC(=CCN1CCCC2(C1)OCCO2)C(=O)O. The molecule has 5 heteroatoms. The van der Waals surface area contributed by atoms with Crippen molar-refractivity contribution in [3.63, 3.8) is 0 Å². The second kappa shape index (κ2) is 5.82. The van der Waals surface area contributed by atoms with E-state index in [1.165, 1.54) is 0 Å². The van der Waals surface area contributed by atoms with Crippen LogP contribution in [0.25, 0.3) is 0 Å². The zero-order valence-electron chi connectivity index (χ0n) is 10.9. The van der Waals surface area contributed by atoms with E-state index in [1.54, 1.807) is 6.08 Å². The summed E-state index contributed by atoms with van der Waals surface area (Å²) in [5, 5.41) is 8.97. The number of likely N-dealkylation sites (tertiary alicyclic amines) is 1. The van der Waals surface area contributed by atoms with Crippen LogP contribution in [0.2, 0.25) is 0 Å². The molecule has 0 aromatic carbocycles. The van der Waals surface area contributed by atoms with Crippen molar-refractivity contribution in [1.82, 2.24) is 4.90 Å². The first-order valence-corrected chi connectivity index (χ1v) is 6.58. The lowest BCUT2D eigenvalue weighted by Gasteiger charge is -2.38. The van der Waals surface area contributed by atoms with E-state index in [1.807, 2.05) is 6.92 Å². The Balaban J connectivity index is 1.91. The highest BCUT2D eigenvalue weighted by Gasteiger charge is 2.40. The molecule has 0 aromatic heterocycles. The number of carbonyl (C=O) groups is 1. The van der Waals surface area contributed by atoms with Crippen molar-refractivity contribution in [3.8, 4) is 0 Å². The Labute approximate surface area is 107 Å². The number of aliphatic carboxylic acids is 1. The fraction of sp³-hybridized carbons (Fsp3) is 0.769. The highest BCUT2D eigenvalue weighted by Crippen LogP contribution is 2.29. The minimum absolute atomic E-state index is 0.429.